The van der Waals surface area contributed by atoms with Crippen LogP contribution >= 0.6 is 0 Å². The molecule has 0 aliphatic heterocycles. The first kappa shape index (κ1) is 16.9. The van der Waals surface area contributed by atoms with Crippen molar-refractivity contribution in [3.05, 3.63) is 54.1 Å². The van der Waals surface area contributed by atoms with E-state index in [1.807, 2.05) is 48.5 Å². The van der Waals surface area contributed by atoms with Crippen LogP contribution in [0.3, 0.4) is 0 Å². The quantitative estimate of drug-likeness (QED) is 0.803. The minimum Gasteiger partial charge on any atom is -0.495 e. The maximum Gasteiger partial charge on any atom is 0.226 e. The SMILES string of the molecule is COc1ccccc1NCCC(=O)Nc1ccccc1C(C)C. The highest BCUT2D eigenvalue weighted by molar-refractivity contribution is 5.91. The second-order valence-corrected chi connectivity index (χ2v) is 5.67. The molecule has 0 saturated carbocycles. The van der Waals surface area contributed by atoms with Crippen LogP contribution in [0.15, 0.2) is 48.5 Å². The fraction of sp³-hybridized carbons (Fsp3) is 0.316. The number of para-hydroxylation sites is 3. The highest BCUT2D eigenvalue weighted by Gasteiger charge is 2.09. The van der Waals surface area contributed by atoms with Gasteiger partial charge in [0.05, 0.1) is 12.8 Å². The smallest absolute Gasteiger partial charge is 0.226 e. The van der Waals surface area contributed by atoms with Crippen LogP contribution in [0.5, 0.6) is 5.75 Å². The summed E-state index contributed by atoms with van der Waals surface area (Å²) in [7, 11) is 1.63. The Labute approximate surface area is 137 Å². The lowest BCUT2D eigenvalue weighted by Crippen LogP contribution is -2.17. The number of carbonyl (C=O) groups excluding carboxylic acids is 1. The molecule has 0 bridgehead atoms. The van der Waals surface area contributed by atoms with Crippen molar-refractivity contribution in [2.24, 2.45) is 0 Å². The molecule has 0 atom stereocenters. The van der Waals surface area contributed by atoms with Crippen LogP contribution in [0.2, 0.25) is 0 Å². The number of nitrogens with one attached hydrogen (secondary N) is 2. The molecule has 1 amide bonds. The summed E-state index contributed by atoms with van der Waals surface area (Å²) in [6.07, 6.45) is 0.393. The van der Waals surface area contributed by atoms with Gasteiger partial charge in [0.1, 0.15) is 5.75 Å². The number of rotatable bonds is 7. The molecule has 0 aliphatic carbocycles. The van der Waals surface area contributed by atoms with E-state index < -0.39 is 0 Å². The van der Waals surface area contributed by atoms with Crippen LogP contribution in [0.4, 0.5) is 11.4 Å². The molecule has 4 heteroatoms. The van der Waals surface area contributed by atoms with E-state index in [1.54, 1.807) is 7.11 Å². The summed E-state index contributed by atoms with van der Waals surface area (Å²) in [5.41, 5.74) is 2.94. The van der Waals surface area contributed by atoms with Gasteiger partial charge >= 0.3 is 0 Å². The van der Waals surface area contributed by atoms with Crippen molar-refractivity contribution >= 4 is 17.3 Å². The molecule has 0 radical (unpaired) electrons. The predicted octanol–water partition coefficient (Wildman–Crippen LogP) is 4.26. The molecule has 4 nitrogen and oxygen atoms in total. The molecule has 0 aromatic heterocycles. The Morgan fingerprint density at radius 3 is 2.39 bits per heavy atom. The molecule has 0 unspecified atom stereocenters. The topological polar surface area (TPSA) is 50.4 Å². The number of amides is 1. The van der Waals surface area contributed by atoms with Crippen molar-refractivity contribution in [3.63, 3.8) is 0 Å². The number of anilines is 2. The molecule has 2 rings (SSSR count). The van der Waals surface area contributed by atoms with E-state index in [1.165, 1.54) is 0 Å². The van der Waals surface area contributed by atoms with Gasteiger partial charge in [0, 0.05) is 18.7 Å². The molecule has 0 spiro atoms. The van der Waals surface area contributed by atoms with E-state index in [9.17, 15) is 4.79 Å². The summed E-state index contributed by atoms with van der Waals surface area (Å²) in [5.74, 6) is 1.15. The highest BCUT2D eigenvalue weighted by atomic mass is 16.5. The number of carbonyl (C=O) groups is 1. The summed E-state index contributed by atoms with van der Waals surface area (Å²) in [6.45, 7) is 4.79. The minimum atomic E-state index is 0.000461. The first-order chi connectivity index (χ1) is 11.1. The summed E-state index contributed by atoms with van der Waals surface area (Å²) in [4.78, 5) is 12.1. The summed E-state index contributed by atoms with van der Waals surface area (Å²) in [5, 5.41) is 6.23. The maximum absolute atomic E-state index is 12.1. The van der Waals surface area contributed by atoms with Crippen molar-refractivity contribution in [1.29, 1.82) is 0 Å². The zero-order chi connectivity index (χ0) is 16.7. The largest absolute Gasteiger partial charge is 0.495 e. The second kappa shape index (κ2) is 8.22. The van der Waals surface area contributed by atoms with Crippen molar-refractivity contribution < 1.29 is 9.53 Å². The Hall–Kier alpha value is -2.49. The average molecular weight is 312 g/mol. The van der Waals surface area contributed by atoms with Gasteiger partial charge in [-0.2, -0.15) is 0 Å². The first-order valence-corrected chi connectivity index (χ1v) is 7.87. The van der Waals surface area contributed by atoms with Gasteiger partial charge < -0.3 is 15.4 Å². The summed E-state index contributed by atoms with van der Waals surface area (Å²) < 4.78 is 5.28. The van der Waals surface area contributed by atoms with Crippen LogP contribution in [-0.2, 0) is 4.79 Å². The third-order valence-corrected chi connectivity index (χ3v) is 3.63. The van der Waals surface area contributed by atoms with Gasteiger partial charge in [-0.15, -0.1) is 0 Å². The predicted molar refractivity (Wildman–Crippen MR) is 95.3 cm³/mol. The second-order valence-electron chi connectivity index (χ2n) is 5.67. The van der Waals surface area contributed by atoms with Crippen LogP contribution in [0.25, 0.3) is 0 Å². The van der Waals surface area contributed by atoms with Crippen LogP contribution < -0.4 is 15.4 Å². The van der Waals surface area contributed by atoms with Crippen molar-refractivity contribution in [3.8, 4) is 5.75 Å². The number of hydrogen-bond acceptors (Lipinski definition) is 3. The molecule has 23 heavy (non-hydrogen) atoms. The highest BCUT2D eigenvalue weighted by Crippen LogP contribution is 2.24. The van der Waals surface area contributed by atoms with E-state index >= 15 is 0 Å². The Kier molecular flexibility index (Phi) is 6.03. The monoisotopic (exact) mass is 312 g/mol. The Morgan fingerprint density at radius 1 is 1.04 bits per heavy atom. The molecule has 2 aromatic rings. The van der Waals surface area contributed by atoms with Gasteiger partial charge in [0.2, 0.25) is 5.91 Å². The summed E-state index contributed by atoms with van der Waals surface area (Å²) >= 11 is 0. The van der Waals surface area contributed by atoms with Gasteiger partial charge in [-0.05, 0) is 29.7 Å². The van der Waals surface area contributed by atoms with Gasteiger partial charge in [0.25, 0.3) is 0 Å². The molecule has 2 N–H and O–H groups in total. The lowest BCUT2D eigenvalue weighted by atomic mass is 10.0. The number of methoxy groups -OCH3 is 1. The molecular weight excluding hydrogens is 288 g/mol. The molecule has 2 aromatic carbocycles. The molecule has 0 heterocycles. The Bertz CT molecular complexity index is 653. The van der Waals surface area contributed by atoms with E-state index in [-0.39, 0.29) is 5.91 Å². The molecule has 0 saturated heterocycles. The molecular formula is C19H24N2O2. The summed E-state index contributed by atoms with van der Waals surface area (Å²) in [6, 6.07) is 15.6. The zero-order valence-electron chi connectivity index (χ0n) is 13.9. The third kappa shape index (κ3) is 4.74. The van der Waals surface area contributed by atoms with Gasteiger partial charge in [-0.3, -0.25) is 4.79 Å². The standard InChI is InChI=1S/C19H24N2O2/c1-14(2)15-8-4-5-9-16(15)21-19(22)12-13-20-17-10-6-7-11-18(17)23-3/h4-11,14,20H,12-13H2,1-3H3,(H,21,22). The normalized spacial score (nSPS) is 10.4. The van der Waals surface area contributed by atoms with Crippen LogP contribution in [-0.4, -0.2) is 19.6 Å². The van der Waals surface area contributed by atoms with Gasteiger partial charge in [-0.25, -0.2) is 0 Å². The van der Waals surface area contributed by atoms with E-state index in [0.717, 1.165) is 22.7 Å². The number of hydrogen-bond donors (Lipinski definition) is 2. The van der Waals surface area contributed by atoms with Crippen molar-refractivity contribution in [1.82, 2.24) is 0 Å². The Morgan fingerprint density at radius 2 is 1.70 bits per heavy atom. The van der Waals surface area contributed by atoms with Crippen LogP contribution in [0, 0.1) is 0 Å². The van der Waals surface area contributed by atoms with E-state index in [4.69, 9.17) is 4.74 Å². The van der Waals surface area contributed by atoms with Crippen LogP contribution in [0.1, 0.15) is 31.7 Å². The fourth-order valence-corrected chi connectivity index (χ4v) is 2.43. The minimum absolute atomic E-state index is 0.000461. The Balaban J connectivity index is 1.89. The van der Waals surface area contributed by atoms with Gasteiger partial charge in [-0.1, -0.05) is 44.2 Å². The number of ether oxygens (including phenoxy) is 1. The zero-order valence-corrected chi connectivity index (χ0v) is 13.9. The van der Waals surface area contributed by atoms with E-state index in [2.05, 4.69) is 24.5 Å². The first-order valence-electron chi connectivity index (χ1n) is 7.87. The molecule has 0 aliphatic rings. The van der Waals surface area contributed by atoms with Crippen molar-refractivity contribution in [2.45, 2.75) is 26.2 Å². The number of benzene rings is 2. The fourth-order valence-electron chi connectivity index (χ4n) is 2.43. The lowest BCUT2D eigenvalue weighted by molar-refractivity contribution is -0.115. The average Bonchev–Trinajstić information content (AvgIpc) is 2.55. The molecule has 0 fully saturated rings. The van der Waals surface area contributed by atoms with Gasteiger partial charge in [0.15, 0.2) is 0 Å². The van der Waals surface area contributed by atoms with E-state index in [0.29, 0.717) is 18.9 Å². The molecule has 122 valence electrons. The maximum atomic E-state index is 12.1. The van der Waals surface area contributed by atoms with Crippen molar-refractivity contribution in [2.75, 3.05) is 24.3 Å². The third-order valence-electron chi connectivity index (χ3n) is 3.63. The lowest BCUT2D eigenvalue weighted by Gasteiger charge is -2.14.